The van der Waals surface area contributed by atoms with Crippen LogP contribution in [0.15, 0.2) is 6.07 Å². The van der Waals surface area contributed by atoms with Gasteiger partial charge in [-0.05, 0) is 18.9 Å². The van der Waals surface area contributed by atoms with E-state index in [0.29, 0.717) is 35.5 Å². The van der Waals surface area contributed by atoms with Crippen molar-refractivity contribution >= 4 is 11.9 Å². The molecule has 6 heteroatoms. The number of methoxy groups -OCH3 is 2. The Hall–Kier alpha value is -2.24. The molecule has 0 spiro atoms. The lowest BCUT2D eigenvalue weighted by Gasteiger charge is -2.27. The van der Waals surface area contributed by atoms with Gasteiger partial charge >= 0.3 is 11.9 Å². The summed E-state index contributed by atoms with van der Waals surface area (Å²) in [6.45, 7) is 0.161. The van der Waals surface area contributed by atoms with Crippen LogP contribution in [0.25, 0.3) is 0 Å². The molecule has 0 aliphatic carbocycles. The number of carbonyl (C=O) groups is 2. The number of carbonyl (C=O) groups excluding carboxylic acids is 2. The third-order valence-electron chi connectivity index (χ3n) is 3.61. The predicted molar refractivity (Wildman–Crippen MR) is 66.9 cm³/mol. The van der Waals surface area contributed by atoms with E-state index in [2.05, 4.69) is 0 Å². The zero-order valence-electron chi connectivity index (χ0n) is 11.2. The van der Waals surface area contributed by atoms with Gasteiger partial charge in [0.25, 0.3) is 0 Å². The number of fused-ring (bicyclic) bond motifs is 3. The van der Waals surface area contributed by atoms with Crippen LogP contribution in [0.4, 0.5) is 0 Å². The molecule has 1 aromatic rings. The summed E-state index contributed by atoms with van der Waals surface area (Å²) < 4.78 is 20.8. The quantitative estimate of drug-likeness (QED) is 0.758. The van der Waals surface area contributed by atoms with Crippen LogP contribution < -0.4 is 9.47 Å². The Bertz CT molecular complexity index is 592. The van der Waals surface area contributed by atoms with Crippen LogP contribution in [-0.4, -0.2) is 32.3 Å². The molecule has 0 radical (unpaired) electrons. The monoisotopic (exact) mass is 278 g/mol. The standard InChI is InChI=1S/C14H14O6/c1-17-11-5-8-9(6-19-13(8)15)12-7(11)3-4-10(20-12)14(16)18-2/h5,10H,3-4,6H2,1-2H3/t10-/m0/s1. The minimum Gasteiger partial charge on any atom is -0.496 e. The maximum absolute atomic E-state index is 11.7. The van der Waals surface area contributed by atoms with Gasteiger partial charge in [0.1, 0.15) is 18.1 Å². The molecular formula is C14H14O6. The zero-order chi connectivity index (χ0) is 14.3. The van der Waals surface area contributed by atoms with Gasteiger partial charge in [-0.15, -0.1) is 0 Å². The van der Waals surface area contributed by atoms with E-state index in [0.717, 1.165) is 5.56 Å². The van der Waals surface area contributed by atoms with Crippen molar-refractivity contribution in [3.05, 3.63) is 22.8 Å². The molecule has 1 aromatic carbocycles. The van der Waals surface area contributed by atoms with E-state index < -0.39 is 18.0 Å². The highest BCUT2D eigenvalue weighted by Crippen LogP contribution is 2.42. The number of rotatable bonds is 2. The molecule has 2 aliphatic heterocycles. The largest absolute Gasteiger partial charge is 0.496 e. The second-order valence-electron chi connectivity index (χ2n) is 4.66. The minimum atomic E-state index is -0.653. The maximum Gasteiger partial charge on any atom is 0.347 e. The predicted octanol–water partition coefficient (Wildman–Crippen LogP) is 1.23. The summed E-state index contributed by atoms with van der Waals surface area (Å²) in [7, 11) is 2.86. The molecule has 6 nitrogen and oxygen atoms in total. The van der Waals surface area contributed by atoms with E-state index in [9.17, 15) is 9.59 Å². The van der Waals surface area contributed by atoms with Crippen LogP contribution in [0, 0.1) is 0 Å². The van der Waals surface area contributed by atoms with Crippen molar-refractivity contribution in [2.45, 2.75) is 25.6 Å². The molecule has 0 saturated carbocycles. The number of hydrogen-bond donors (Lipinski definition) is 0. The molecule has 0 amide bonds. The molecule has 2 aliphatic rings. The van der Waals surface area contributed by atoms with Crippen LogP contribution in [0.5, 0.6) is 11.5 Å². The molecule has 0 unspecified atom stereocenters. The summed E-state index contributed by atoms with van der Waals surface area (Å²) in [5, 5.41) is 0. The first-order valence-corrected chi connectivity index (χ1v) is 6.30. The molecule has 0 bridgehead atoms. The van der Waals surface area contributed by atoms with Gasteiger partial charge in [0, 0.05) is 11.1 Å². The summed E-state index contributed by atoms with van der Waals surface area (Å²) in [5.74, 6) is 0.287. The molecule has 0 N–H and O–H groups in total. The first kappa shape index (κ1) is 12.8. The van der Waals surface area contributed by atoms with E-state index in [1.54, 1.807) is 6.07 Å². The lowest BCUT2D eigenvalue weighted by molar-refractivity contribution is -0.149. The molecule has 106 valence electrons. The van der Waals surface area contributed by atoms with Gasteiger partial charge in [0.05, 0.1) is 19.8 Å². The number of esters is 2. The first-order valence-electron chi connectivity index (χ1n) is 6.30. The van der Waals surface area contributed by atoms with Gasteiger partial charge in [-0.2, -0.15) is 0 Å². The second-order valence-corrected chi connectivity index (χ2v) is 4.66. The van der Waals surface area contributed by atoms with Gasteiger partial charge in [0.2, 0.25) is 0 Å². The van der Waals surface area contributed by atoms with Crippen LogP contribution in [0.3, 0.4) is 0 Å². The Kier molecular flexibility index (Phi) is 3.00. The van der Waals surface area contributed by atoms with E-state index in [-0.39, 0.29) is 6.61 Å². The van der Waals surface area contributed by atoms with E-state index >= 15 is 0 Å². The molecule has 20 heavy (non-hydrogen) atoms. The van der Waals surface area contributed by atoms with E-state index in [1.165, 1.54) is 14.2 Å². The Labute approximate surface area is 115 Å². The molecule has 0 fully saturated rings. The Morgan fingerprint density at radius 1 is 1.35 bits per heavy atom. The Morgan fingerprint density at radius 2 is 2.15 bits per heavy atom. The summed E-state index contributed by atoms with van der Waals surface area (Å²) in [6.07, 6.45) is 0.489. The topological polar surface area (TPSA) is 71.1 Å². The highest BCUT2D eigenvalue weighted by molar-refractivity contribution is 5.95. The highest BCUT2D eigenvalue weighted by Gasteiger charge is 2.35. The molecule has 1 atom stereocenters. The smallest absolute Gasteiger partial charge is 0.347 e. The molecule has 3 rings (SSSR count). The van der Waals surface area contributed by atoms with Gasteiger partial charge < -0.3 is 18.9 Å². The highest BCUT2D eigenvalue weighted by atomic mass is 16.6. The van der Waals surface area contributed by atoms with Crippen LogP contribution in [-0.2, 0) is 27.3 Å². The average molecular weight is 278 g/mol. The van der Waals surface area contributed by atoms with Gasteiger partial charge in [-0.3, -0.25) is 0 Å². The lowest BCUT2D eigenvalue weighted by atomic mass is 9.95. The van der Waals surface area contributed by atoms with E-state index in [1.807, 2.05) is 0 Å². The Morgan fingerprint density at radius 3 is 2.85 bits per heavy atom. The minimum absolute atomic E-state index is 0.161. The zero-order valence-corrected chi connectivity index (χ0v) is 11.2. The van der Waals surface area contributed by atoms with Crippen LogP contribution >= 0.6 is 0 Å². The molecular weight excluding hydrogens is 264 g/mol. The van der Waals surface area contributed by atoms with Crippen LogP contribution in [0.2, 0.25) is 0 Å². The van der Waals surface area contributed by atoms with Crippen molar-refractivity contribution in [1.29, 1.82) is 0 Å². The van der Waals surface area contributed by atoms with Gasteiger partial charge in [-0.25, -0.2) is 9.59 Å². The number of hydrogen-bond acceptors (Lipinski definition) is 6. The van der Waals surface area contributed by atoms with Crippen molar-refractivity contribution in [3.63, 3.8) is 0 Å². The fourth-order valence-corrected chi connectivity index (χ4v) is 2.60. The van der Waals surface area contributed by atoms with Crippen molar-refractivity contribution in [2.24, 2.45) is 0 Å². The number of benzene rings is 1. The second kappa shape index (κ2) is 4.70. The SMILES string of the molecule is COC(=O)[C@@H]1CCc2c(OC)cc3c(c2O1)COC3=O. The lowest BCUT2D eigenvalue weighted by Crippen LogP contribution is -2.32. The summed E-state index contributed by atoms with van der Waals surface area (Å²) in [6, 6.07) is 1.67. The third kappa shape index (κ3) is 1.79. The summed E-state index contributed by atoms with van der Waals surface area (Å²) >= 11 is 0. The van der Waals surface area contributed by atoms with Crippen molar-refractivity contribution in [3.8, 4) is 11.5 Å². The summed E-state index contributed by atoms with van der Waals surface area (Å²) in [5.41, 5.74) is 1.98. The Balaban J connectivity index is 2.08. The van der Waals surface area contributed by atoms with Crippen molar-refractivity contribution in [2.75, 3.05) is 14.2 Å². The third-order valence-corrected chi connectivity index (χ3v) is 3.61. The van der Waals surface area contributed by atoms with Crippen molar-refractivity contribution < 1.29 is 28.5 Å². The first-order chi connectivity index (χ1) is 9.65. The normalized spacial score (nSPS) is 19.5. The maximum atomic E-state index is 11.7. The van der Waals surface area contributed by atoms with Gasteiger partial charge in [0.15, 0.2) is 6.10 Å². The van der Waals surface area contributed by atoms with Crippen molar-refractivity contribution in [1.82, 2.24) is 0 Å². The molecule has 0 aromatic heterocycles. The molecule has 2 heterocycles. The fraction of sp³-hybridized carbons (Fsp3) is 0.429. The fourth-order valence-electron chi connectivity index (χ4n) is 2.60. The van der Waals surface area contributed by atoms with Crippen LogP contribution in [0.1, 0.15) is 27.9 Å². The number of ether oxygens (including phenoxy) is 4. The average Bonchev–Trinajstić information content (AvgIpc) is 2.86. The van der Waals surface area contributed by atoms with Gasteiger partial charge in [-0.1, -0.05) is 0 Å². The van der Waals surface area contributed by atoms with E-state index in [4.69, 9.17) is 18.9 Å². The summed E-state index contributed by atoms with van der Waals surface area (Å²) in [4.78, 5) is 23.3. The molecule has 0 saturated heterocycles. The number of cyclic esters (lactones) is 1.